The van der Waals surface area contributed by atoms with E-state index in [9.17, 15) is 0 Å². The number of oxazole rings is 1. The highest BCUT2D eigenvalue weighted by atomic mass is 79.9. The Labute approximate surface area is 130 Å². The molecule has 0 saturated heterocycles. The lowest BCUT2D eigenvalue weighted by molar-refractivity contribution is 0.200. The molecule has 1 aliphatic rings. The maximum absolute atomic E-state index is 6.07. The van der Waals surface area contributed by atoms with Gasteiger partial charge in [0.2, 0.25) is 0 Å². The Hall–Kier alpha value is -1.04. The number of nitrogens with zero attached hydrogens (tertiary/aromatic N) is 2. The molecule has 1 atom stereocenters. The highest BCUT2D eigenvalue weighted by Crippen LogP contribution is 2.43. The molecular weight excluding hydrogens is 344 g/mol. The molecule has 2 heterocycles. The van der Waals surface area contributed by atoms with E-state index in [1.165, 1.54) is 6.39 Å². The first-order valence-corrected chi connectivity index (χ1v) is 7.43. The van der Waals surface area contributed by atoms with Gasteiger partial charge in [-0.2, -0.15) is 0 Å². The van der Waals surface area contributed by atoms with Gasteiger partial charge in [0, 0.05) is 23.6 Å². The van der Waals surface area contributed by atoms with Crippen molar-refractivity contribution in [2.24, 2.45) is 0 Å². The van der Waals surface area contributed by atoms with Crippen LogP contribution in [0.25, 0.3) is 0 Å². The van der Waals surface area contributed by atoms with Crippen molar-refractivity contribution < 1.29 is 9.15 Å². The Morgan fingerprint density at radius 3 is 3.00 bits per heavy atom. The van der Waals surface area contributed by atoms with Crippen molar-refractivity contribution in [3.05, 3.63) is 45.0 Å². The molecule has 0 unspecified atom stereocenters. The summed E-state index contributed by atoms with van der Waals surface area (Å²) in [5.74, 6) is 1.63. The number of halogens is 2. The smallest absolute Gasteiger partial charge is 0.181 e. The molecule has 0 fully saturated rings. The van der Waals surface area contributed by atoms with Crippen molar-refractivity contribution in [1.82, 2.24) is 9.88 Å². The van der Waals surface area contributed by atoms with Gasteiger partial charge in [-0.3, -0.25) is 0 Å². The summed E-state index contributed by atoms with van der Waals surface area (Å²) in [5, 5.41) is 0.700. The second-order valence-corrected chi connectivity index (χ2v) is 6.38. The molecule has 20 heavy (non-hydrogen) atoms. The van der Waals surface area contributed by atoms with Gasteiger partial charge < -0.3 is 14.1 Å². The molecule has 3 rings (SSSR count). The van der Waals surface area contributed by atoms with Crippen molar-refractivity contribution >= 4 is 27.5 Å². The number of fused-ring (bicyclic) bond motifs is 1. The second kappa shape index (κ2) is 5.39. The Kier molecular flexibility index (Phi) is 3.75. The van der Waals surface area contributed by atoms with Gasteiger partial charge in [0.25, 0.3) is 0 Å². The SMILES string of the molecule is CN(C)Cc1ncoc1[C@H]1Cc2cc(Cl)cc(Br)c2O1. The molecule has 0 N–H and O–H groups in total. The molecule has 1 aromatic carbocycles. The van der Waals surface area contributed by atoms with Gasteiger partial charge in [0.05, 0.1) is 4.47 Å². The zero-order valence-electron chi connectivity index (χ0n) is 11.2. The van der Waals surface area contributed by atoms with Crippen LogP contribution in [0.15, 0.2) is 27.4 Å². The lowest BCUT2D eigenvalue weighted by atomic mass is 10.1. The average Bonchev–Trinajstić information content (AvgIpc) is 2.94. The summed E-state index contributed by atoms with van der Waals surface area (Å²) >= 11 is 9.56. The average molecular weight is 358 g/mol. The molecule has 0 bridgehead atoms. The third kappa shape index (κ3) is 2.57. The normalized spacial score (nSPS) is 17.4. The van der Waals surface area contributed by atoms with E-state index >= 15 is 0 Å². The molecule has 0 saturated carbocycles. The summed E-state index contributed by atoms with van der Waals surface area (Å²) in [7, 11) is 4.00. The largest absolute Gasteiger partial charge is 0.481 e. The third-order valence-corrected chi connectivity index (χ3v) is 3.99. The number of hydrogen-bond donors (Lipinski definition) is 0. The van der Waals surface area contributed by atoms with E-state index < -0.39 is 0 Å². The lowest BCUT2D eigenvalue weighted by Gasteiger charge is -2.12. The molecule has 0 spiro atoms. The zero-order valence-corrected chi connectivity index (χ0v) is 13.5. The third-order valence-electron chi connectivity index (χ3n) is 3.18. The quantitative estimate of drug-likeness (QED) is 0.837. The van der Waals surface area contributed by atoms with Gasteiger partial charge in [-0.1, -0.05) is 11.6 Å². The monoisotopic (exact) mass is 356 g/mol. The standard InChI is InChI=1S/C14H14BrClN2O2/c1-18(2)6-11-14(19-7-17-11)12-4-8-3-9(16)5-10(15)13(8)20-12/h3,5,7,12H,4,6H2,1-2H3/t12-/m1/s1. The van der Waals surface area contributed by atoms with Gasteiger partial charge in [0.1, 0.15) is 11.4 Å². The molecule has 0 amide bonds. The summed E-state index contributed by atoms with van der Waals surface area (Å²) in [4.78, 5) is 6.33. The first kappa shape index (κ1) is 13.9. The summed E-state index contributed by atoms with van der Waals surface area (Å²) < 4.78 is 12.4. The van der Waals surface area contributed by atoms with Crippen LogP contribution < -0.4 is 4.74 Å². The van der Waals surface area contributed by atoms with Crippen LogP contribution >= 0.6 is 27.5 Å². The highest BCUT2D eigenvalue weighted by Gasteiger charge is 2.31. The van der Waals surface area contributed by atoms with Gasteiger partial charge in [-0.05, 0) is 42.2 Å². The van der Waals surface area contributed by atoms with Gasteiger partial charge in [0.15, 0.2) is 18.3 Å². The minimum absolute atomic E-state index is 0.141. The van der Waals surface area contributed by atoms with E-state index in [-0.39, 0.29) is 6.10 Å². The number of benzene rings is 1. The van der Waals surface area contributed by atoms with Crippen molar-refractivity contribution in [2.45, 2.75) is 19.1 Å². The summed E-state index contributed by atoms with van der Waals surface area (Å²) in [5.41, 5.74) is 2.00. The van der Waals surface area contributed by atoms with Crippen LogP contribution in [0.2, 0.25) is 5.02 Å². The molecule has 1 aromatic heterocycles. The van der Waals surface area contributed by atoms with Gasteiger partial charge in [-0.15, -0.1) is 0 Å². The Morgan fingerprint density at radius 2 is 2.25 bits per heavy atom. The molecule has 4 nitrogen and oxygen atoms in total. The van der Waals surface area contributed by atoms with E-state index in [4.69, 9.17) is 20.8 Å². The van der Waals surface area contributed by atoms with Crippen LogP contribution in [0.5, 0.6) is 5.75 Å². The Morgan fingerprint density at radius 1 is 1.45 bits per heavy atom. The predicted octanol–water partition coefficient (Wildman–Crippen LogP) is 3.83. The summed E-state index contributed by atoms with van der Waals surface area (Å²) in [6.07, 6.45) is 2.07. The predicted molar refractivity (Wildman–Crippen MR) is 80.1 cm³/mol. The number of hydrogen-bond acceptors (Lipinski definition) is 4. The van der Waals surface area contributed by atoms with Crippen molar-refractivity contribution in [2.75, 3.05) is 14.1 Å². The Balaban J connectivity index is 1.89. The molecule has 2 aromatic rings. The summed E-state index contributed by atoms with van der Waals surface area (Å²) in [6.45, 7) is 0.726. The van der Waals surface area contributed by atoms with Crippen LogP contribution in [0.3, 0.4) is 0 Å². The fourth-order valence-corrected chi connectivity index (χ4v) is 3.35. The highest BCUT2D eigenvalue weighted by molar-refractivity contribution is 9.10. The number of ether oxygens (including phenoxy) is 1. The van der Waals surface area contributed by atoms with Crippen molar-refractivity contribution in [1.29, 1.82) is 0 Å². The van der Waals surface area contributed by atoms with E-state index in [0.717, 1.165) is 40.2 Å². The Bertz CT molecular complexity index is 642. The number of aromatic nitrogens is 1. The first-order valence-electron chi connectivity index (χ1n) is 6.26. The molecule has 6 heteroatoms. The van der Waals surface area contributed by atoms with E-state index in [2.05, 4.69) is 25.8 Å². The van der Waals surface area contributed by atoms with E-state index in [0.29, 0.717) is 5.02 Å². The summed E-state index contributed by atoms with van der Waals surface area (Å²) in [6, 6.07) is 3.77. The van der Waals surface area contributed by atoms with Crippen LogP contribution in [0, 0.1) is 0 Å². The molecular formula is C14H14BrClN2O2. The number of rotatable bonds is 3. The topological polar surface area (TPSA) is 38.5 Å². The van der Waals surface area contributed by atoms with E-state index in [1.54, 1.807) is 0 Å². The van der Waals surface area contributed by atoms with Gasteiger partial charge >= 0.3 is 0 Å². The molecule has 0 aliphatic carbocycles. The van der Waals surface area contributed by atoms with Gasteiger partial charge in [-0.25, -0.2) is 4.98 Å². The second-order valence-electron chi connectivity index (χ2n) is 5.09. The lowest BCUT2D eigenvalue weighted by Crippen LogP contribution is -2.14. The van der Waals surface area contributed by atoms with Crippen molar-refractivity contribution in [3.8, 4) is 5.75 Å². The van der Waals surface area contributed by atoms with Crippen LogP contribution in [-0.2, 0) is 13.0 Å². The molecule has 106 valence electrons. The fourth-order valence-electron chi connectivity index (χ4n) is 2.39. The van der Waals surface area contributed by atoms with Crippen molar-refractivity contribution in [3.63, 3.8) is 0 Å². The minimum Gasteiger partial charge on any atom is -0.481 e. The van der Waals surface area contributed by atoms with Crippen LogP contribution in [0.4, 0.5) is 0 Å². The maximum Gasteiger partial charge on any atom is 0.181 e. The zero-order chi connectivity index (χ0) is 14.3. The van der Waals surface area contributed by atoms with Crippen LogP contribution in [-0.4, -0.2) is 24.0 Å². The fraction of sp³-hybridized carbons (Fsp3) is 0.357. The maximum atomic E-state index is 6.07. The first-order chi connectivity index (χ1) is 9.54. The van der Waals surface area contributed by atoms with E-state index in [1.807, 2.05) is 26.2 Å². The van der Waals surface area contributed by atoms with Crippen LogP contribution in [0.1, 0.15) is 23.1 Å². The molecule has 0 radical (unpaired) electrons. The molecule has 1 aliphatic heterocycles. The minimum atomic E-state index is -0.141.